The van der Waals surface area contributed by atoms with Gasteiger partial charge < -0.3 is 30.8 Å². The molecule has 17 heteroatoms. The molecule has 0 aromatic heterocycles. The third-order valence-electron chi connectivity index (χ3n) is 9.10. The molecule has 2 aliphatic rings. The van der Waals surface area contributed by atoms with Gasteiger partial charge in [0.25, 0.3) is 0 Å². The monoisotopic (exact) mass is 734 g/mol. The number of hydrogen-bond donors (Lipinski definition) is 6. The number of aliphatic hydroxyl groups excluding tert-OH is 1. The first-order valence-corrected chi connectivity index (χ1v) is 16.3. The summed E-state index contributed by atoms with van der Waals surface area (Å²) in [5.41, 5.74) is 0. The normalized spacial score (nSPS) is 22.2. The molecule has 16 nitrogen and oxygen atoms in total. The van der Waals surface area contributed by atoms with Crippen LogP contribution in [-0.4, -0.2) is 171 Å². The molecule has 1 amide bonds. The van der Waals surface area contributed by atoms with Gasteiger partial charge in [-0.25, -0.2) is 0 Å². The Kier molecular flexibility index (Phi) is 19.5. The van der Waals surface area contributed by atoms with Crippen LogP contribution in [0.4, 0.5) is 0 Å². The van der Waals surface area contributed by atoms with Crippen molar-refractivity contribution in [3.05, 3.63) is 0 Å². The summed E-state index contributed by atoms with van der Waals surface area (Å²) in [5.74, 6) is -6.24. The van der Waals surface area contributed by atoms with E-state index in [1.54, 1.807) is 35.5 Å². The average molecular weight is 735 g/mol. The van der Waals surface area contributed by atoms with Gasteiger partial charge in [-0.05, 0) is 25.7 Å². The smallest absolute Gasteiger partial charge is 0.317 e. The minimum atomic E-state index is -1.61. The zero-order valence-corrected chi connectivity index (χ0v) is 29.0. The van der Waals surface area contributed by atoms with Gasteiger partial charge in [0.1, 0.15) is 5.78 Å². The number of carboxylic acids is 3. The van der Waals surface area contributed by atoms with E-state index in [2.05, 4.69) is 5.32 Å². The molecule has 4 atom stereocenters. The maximum Gasteiger partial charge on any atom is 0.317 e. The van der Waals surface area contributed by atoms with Gasteiger partial charge in [0.15, 0.2) is 12.1 Å². The molecule has 2 fully saturated rings. The third kappa shape index (κ3) is 15.4. The third-order valence-corrected chi connectivity index (χ3v) is 9.10. The molecule has 1 heterocycles. The second kappa shape index (κ2) is 21.6. The van der Waals surface area contributed by atoms with Crippen molar-refractivity contribution in [2.24, 2.45) is 23.7 Å². The van der Waals surface area contributed by atoms with Crippen LogP contribution in [0, 0.1) is 23.7 Å². The Morgan fingerprint density at radius 2 is 1.06 bits per heavy atom. The first-order valence-electron chi connectivity index (χ1n) is 16.3. The van der Waals surface area contributed by atoms with Gasteiger partial charge in [-0.1, -0.05) is 20.3 Å². The number of hydrogen-bond acceptors (Lipinski definition) is 12. The number of carboxylic acid groups (broad SMARTS) is 3. The molecule has 2 unspecified atom stereocenters. The van der Waals surface area contributed by atoms with Crippen LogP contribution < -0.4 is 5.32 Å². The fourth-order valence-corrected chi connectivity index (χ4v) is 6.39. The topological polar surface area (TPSA) is 229 Å². The number of Topliss-reactive ketones (excluding diaryl/α,β-unsaturated/α-hetero) is 2. The number of amides is 1. The van der Waals surface area contributed by atoms with Gasteiger partial charge in [-0.3, -0.25) is 48.4 Å². The number of aliphatic carboxylic acids is 3. The Bertz CT molecular complexity index is 1060. The molecular formula is C31H53CuN5O11. The second-order valence-electron chi connectivity index (χ2n) is 13.1. The number of carbonyl (C=O) groups is 6. The SMILES string of the molecule is CC(C)C(CC(=O)CN1CCN(CC(=O)O)CCN(CC(=O)O)CCN(CC(=O)O)CC1)C(=O)N[C@H](C)C(=O)C1CCC[C@H]1C(O)O.[Cu]. The molecule has 6 N–H and O–H groups in total. The largest absolute Gasteiger partial charge is 0.480 e. The maximum absolute atomic E-state index is 13.4. The summed E-state index contributed by atoms with van der Waals surface area (Å²) in [6, 6.07) is -0.870. The Hall–Kier alpha value is -2.50. The summed E-state index contributed by atoms with van der Waals surface area (Å²) in [5, 5.41) is 50.2. The van der Waals surface area contributed by atoms with Gasteiger partial charge in [0, 0.05) is 93.6 Å². The number of aliphatic hydroxyl groups is 2. The number of nitrogens with one attached hydrogen (secondary N) is 1. The standard InChI is InChI=1S/C31H53N5O11.Cu/c1-20(2)25(30(45)32-21(3)29(44)23-5-4-6-24(23)31(46)47)15-22(37)16-33-7-9-34(17-26(38)39)11-13-36(19-28(42)43)14-12-35(10-8-33)18-27(40)41;/h20-21,23-25,31,46-47H,4-19H2,1-3H3,(H,32,45)(H,38,39)(H,40,41)(H,42,43);/t21-,23?,24-,25?;/m1./s1. The molecular weight excluding hydrogens is 682 g/mol. The Balaban J connectivity index is 0.0000115. The molecule has 1 radical (unpaired) electrons. The first kappa shape index (κ1) is 43.5. The van der Waals surface area contributed by atoms with E-state index in [4.69, 9.17) is 0 Å². The predicted molar refractivity (Wildman–Crippen MR) is 168 cm³/mol. The van der Waals surface area contributed by atoms with E-state index in [1.807, 2.05) is 4.90 Å². The van der Waals surface area contributed by atoms with E-state index in [0.717, 1.165) is 0 Å². The molecule has 1 saturated carbocycles. The van der Waals surface area contributed by atoms with Crippen molar-refractivity contribution in [3.8, 4) is 0 Å². The van der Waals surface area contributed by atoms with Crippen LogP contribution in [0.3, 0.4) is 0 Å². The van der Waals surface area contributed by atoms with Crippen molar-refractivity contribution in [2.45, 2.75) is 58.8 Å². The molecule has 279 valence electrons. The molecule has 0 aromatic rings. The van der Waals surface area contributed by atoms with Gasteiger partial charge in [0.2, 0.25) is 5.91 Å². The van der Waals surface area contributed by atoms with E-state index in [1.165, 1.54) is 0 Å². The number of nitrogens with zero attached hydrogens (tertiary/aromatic N) is 4. The zero-order valence-electron chi connectivity index (χ0n) is 28.1. The maximum atomic E-state index is 13.4. The predicted octanol–water partition coefficient (Wildman–Crippen LogP) is -1.51. The van der Waals surface area contributed by atoms with Crippen LogP contribution >= 0.6 is 0 Å². The summed E-state index contributed by atoms with van der Waals surface area (Å²) in [6.07, 6.45) is -0.00801. The van der Waals surface area contributed by atoms with Crippen LogP contribution in [0.2, 0.25) is 0 Å². The van der Waals surface area contributed by atoms with Crippen molar-refractivity contribution in [2.75, 3.05) is 78.5 Å². The van der Waals surface area contributed by atoms with Crippen molar-refractivity contribution < 1.29 is 71.4 Å². The molecule has 0 spiro atoms. The summed E-state index contributed by atoms with van der Waals surface area (Å²) in [7, 11) is 0. The molecule has 1 aliphatic heterocycles. The summed E-state index contributed by atoms with van der Waals surface area (Å²) in [6.45, 7) is 6.38. The zero-order chi connectivity index (χ0) is 35.3. The quantitative estimate of drug-likeness (QED) is 0.0783. The molecule has 0 aromatic carbocycles. The van der Waals surface area contributed by atoms with Crippen molar-refractivity contribution >= 4 is 35.4 Å². The fraction of sp³-hybridized carbons (Fsp3) is 0.806. The van der Waals surface area contributed by atoms with E-state index in [-0.39, 0.29) is 120 Å². The molecule has 48 heavy (non-hydrogen) atoms. The van der Waals surface area contributed by atoms with E-state index in [9.17, 15) is 54.3 Å². The molecule has 1 aliphatic carbocycles. The average Bonchev–Trinajstić information content (AvgIpc) is 3.46. The van der Waals surface area contributed by atoms with Crippen LogP contribution in [0.15, 0.2) is 0 Å². The minimum absolute atomic E-state index is 0. The van der Waals surface area contributed by atoms with Crippen LogP contribution in [0.5, 0.6) is 0 Å². The Morgan fingerprint density at radius 3 is 1.42 bits per heavy atom. The van der Waals surface area contributed by atoms with Crippen LogP contribution in [0.25, 0.3) is 0 Å². The van der Waals surface area contributed by atoms with Gasteiger partial charge >= 0.3 is 17.9 Å². The molecule has 1 saturated heterocycles. The summed E-state index contributed by atoms with van der Waals surface area (Å²) < 4.78 is 0. The number of carbonyl (C=O) groups excluding carboxylic acids is 3. The van der Waals surface area contributed by atoms with Crippen LogP contribution in [-0.2, 0) is 45.8 Å². The van der Waals surface area contributed by atoms with E-state index in [0.29, 0.717) is 19.3 Å². The van der Waals surface area contributed by atoms with Crippen molar-refractivity contribution in [1.29, 1.82) is 0 Å². The molecule has 0 bridgehead atoms. The summed E-state index contributed by atoms with van der Waals surface area (Å²) >= 11 is 0. The second-order valence-corrected chi connectivity index (χ2v) is 13.1. The Labute approximate surface area is 292 Å². The molecule has 2 rings (SSSR count). The van der Waals surface area contributed by atoms with Crippen molar-refractivity contribution in [3.63, 3.8) is 0 Å². The fourth-order valence-electron chi connectivity index (χ4n) is 6.39. The summed E-state index contributed by atoms with van der Waals surface area (Å²) in [4.78, 5) is 81.0. The van der Waals surface area contributed by atoms with Gasteiger partial charge in [0.05, 0.1) is 32.2 Å². The Morgan fingerprint density at radius 1 is 0.667 bits per heavy atom. The van der Waals surface area contributed by atoms with Crippen LogP contribution in [0.1, 0.15) is 46.5 Å². The van der Waals surface area contributed by atoms with Crippen molar-refractivity contribution in [1.82, 2.24) is 24.9 Å². The first-order chi connectivity index (χ1) is 22.1. The van der Waals surface area contributed by atoms with Gasteiger partial charge in [-0.2, -0.15) is 0 Å². The van der Waals surface area contributed by atoms with Gasteiger partial charge in [-0.15, -0.1) is 0 Å². The van der Waals surface area contributed by atoms with E-state index >= 15 is 0 Å². The minimum Gasteiger partial charge on any atom is -0.480 e. The number of rotatable bonds is 16. The van der Waals surface area contributed by atoms with E-state index < -0.39 is 53.9 Å². The number of ketones is 2.